The number of carbonyl (C=O) groups excluding carboxylic acids is 1. The number of hydrogen-bond donors (Lipinski definition) is 2. The largest absolute Gasteiger partial charge is 0.494 e. The lowest BCUT2D eigenvalue weighted by Gasteiger charge is -2.20. The van der Waals surface area contributed by atoms with Crippen LogP contribution in [0.5, 0.6) is 5.75 Å². The Morgan fingerprint density at radius 3 is 2.85 bits per heavy atom. The predicted molar refractivity (Wildman–Crippen MR) is 75.1 cm³/mol. The first-order valence-electron chi connectivity index (χ1n) is 6.90. The molecule has 5 heteroatoms. The van der Waals surface area contributed by atoms with E-state index >= 15 is 0 Å². The summed E-state index contributed by atoms with van der Waals surface area (Å²) in [6.07, 6.45) is 0.844. The van der Waals surface area contributed by atoms with Crippen LogP contribution in [0.15, 0.2) is 18.2 Å². The zero-order chi connectivity index (χ0) is 14.7. The van der Waals surface area contributed by atoms with Gasteiger partial charge in [-0.25, -0.2) is 4.39 Å². The topological polar surface area (TPSA) is 50.4 Å². The van der Waals surface area contributed by atoms with Gasteiger partial charge in [0.2, 0.25) is 5.91 Å². The van der Waals surface area contributed by atoms with Crippen molar-refractivity contribution in [3.63, 3.8) is 0 Å². The van der Waals surface area contributed by atoms with Crippen molar-refractivity contribution in [1.82, 2.24) is 10.6 Å². The van der Waals surface area contributed by atoms with Gasteiger partial charge in [-0.2, -0.15) is 0 Å². The molecule has 0 radical (unpaired) electrons. The zero-order valence-corrected chi connectivity index (χ0v) is 12.1. The van der Waals surface area contributed by atoms with Gasteiger partial charge in [0.15, 0.2) is 11.6 Å². The minimum atomic E-state index is -0.415. The fraction of sp³-hybridized carbons (Fsp3) is 0.533. The van der Waals surface area contributed by atoms with Gasteiger partial charge in [0.05, 0.1) is 19.1 Å². The van der Waals surface area contributed by atoms with E-state index in [0.717, 1.165) is 18.5 Å². The van der Waals surface area contributed by atoms with Gasteiger partial charge in [-0.1, -0.05) is 6.07 Å². The number of rotatable bonds is 4. The first-order valence-corrected chi connectivity index (χ1v) is 6.90. The molecule has 1 amide bonds. The van der Waals surface area contributed by atoms with Crippen LogP contribution in [0.1, 0.15) is 31.9 Å². The van der Waals surface area contributed by atoms with E-state index in [9.17, 15) is 9.18 Å². The summed E-state index contributed by atoms with van der Waals surface area (Å²) in [6, 6.07) is 4.71. The molecule has 20 heavy (non-hydrogen) atoms. The maximum atomic E-state index is 13.7. The third-order valence-corrected chi connectivity index (χ3v) is 3.90. The summed E-state index contributed by atoms with van der Waals surface area (Å²) in [7, 11) is 1.43. The smallest absolute Gasteiger partial charge is 0.225 e. The molecular weight excluding hydrogens is 259 g/mol. The second kappa shape index (κ2) is 6.22. The Bertz CT molecular complexity index is 493. The number of methoxy groups -OCH3 is 1. The van der Waals surface area contributed by atoms with Crippen LogP contribution in [0.3, 0.4) is 0 Å². The summed E-state index contributed by atoms with van der Waals surface area (Å²) in [5.74, 6) is -0.199. The van der Waals surface area contributed by atoms with Gasteiger partial charge in [-0.15, -0.1) is 0 Å². The molecule has 1 aliphatic rings. The highest BCUT2D eigenvalue weighted by Crippen LogP contribution is 2.23. The number of amides is 1. The number of hydrogen-bond acceptors (Lipinski definition) is 3. The molecule has 1 fully saturated rings. The van der Waals surface area contributed by atoms with Crippen LogP contribution in [0.4, 0.5) is 4.39 Å². The summed E-state index contributed by atoms with van der Waals surface area (Å²) >= 11 is 0. The minimum Gasteiger partial charge on any atom is -0.494 e. The Hall–Kier alpha value is -1.62. The van der Waals surface area contributed by atoms with Crippen LogP contribution in [0, 0.1) is 11.7 Å². The highest BCUT2D eigenvalue weighted by molar-refractivity contribution is 5.80. The summed E-state index contributed by atoms with van der Waals surface area (Å²) in [4.78, 5) is 12.2. The summed E-state index contributed by atoms with van der Waals surface area (Å²) in [5.41, 5.74) is 0.732. The van der Waals surface area contributed by atoms with Crippen molar-refractivity contribution in [3.05, 3.63) is 29.6 Å². The van der Waals surface area contributed by atoms with Crippen molar-refractivity contribution in [2.45, 2.75) is 32.4 Å². The van der Waals surface area contributed by atoms with Crippen molar-refractivity contribution in [2.24, 2.45) is 5.92 Å². The molecule has 0 aliphatic carbocycles. The molecular formula is C15H21FN2O2. The zero-order valence-electron chi connectivity index (χ0n) is 12.1. The average Bonchev–Trinajstić information content (AvgIpc) is 2.84. The monoisotopic (exact) mass is 280 g/mol. The number of benzene rings is 1. The standard InChI is InChI=1S/C15H21FN2O2/c1-9(11-4-5-14(20-3)13(16)8-11)18-15(19)12-6-7-17-10(12)2/h4-5,8-10,12,17H,6-7H2,1-3H3,(H,18,19). The first kappa shape index (κ1) is 14.8. The van der Waals surface area contributed by atoms with Gasteiger partial charge in [0, 0.05) is 6.04 Å². The lowest BCUT2D eigenvalue weighted by Crippen LogP contribution is -2.37. The molecule has 0 spiro atoms. The summed E-state index contributed by atoms with van der Waals surface area (Å²) in [5, 5.41) is 6.20. The van der Waals surface area contributed by atoms with Crippen molar-refractivity contribution < 1.29 is 13.9 Å². The highest BCUT2D eigenvalue weighted by atomic mass is 19.1. The van der Waals surface area contributed by atoms with Crippen LogP contribution in [-0.2, 0) is 4.79 Å². The van der Waals surface area contributed by atoms with Gasteiger partial charge < -0.3 is 15.4 Å². The Kier molecular flexibility index (Phi) is 4.60. The van der Waals surface area contributed by atoms with Crippen molar-refractivity contribution in [1.29, 1.82) is 0 Å². The minimum absolute atomic E-state index is 0.0134. The maximum Gasteiger partial charge on any atom is 0.225 e. The Balaban J connectivity index is 2.02. The maximum absolute atomic E-state index is 13.7. The van der Waals surface area contributed by atoms with Crippen LogP contribution < -0.4 is 15.4 Å². The van der Waals surface area contributed by atoms with Crippen LogP contribution in [0.2, 0.25) is 0 Å². The number of nitrogens with one attached hydrogen (secondary N) is 2. The Labute approximate surface area is 118 Å². The number of halogens is 1. The summed E-state index contributed by atoms with van der Waals surface area (Å²) in [6.45, 7) is 4.73. The molecule has 110 valence electrons. The van der Waals surface area contributed by atoms with Gasteiger partial charge >= 0.3 is 0 Å². The van der Waals surface area contributed by atoms with Crippen LogP contribution >= 0.6 is 0 Å². The molecule has 1 heterocycles. The van der Waals surface area contributed by atoms with Crippen LogP contribution in [-0.4, -0.2) is 25.6 Å². The third-order valence-electron chi connectivity index (χ3n) is 3.90. The van der Waals surface area contributed by atoms with E-state index in [2.05, 4.69) is 10.6 Å². The second-order valence-electron chi connectivity index (χ2n) is 5.26. The highest BCUT2D eigenvalue weighted by Gasteiger charge is 2.30. The van der Waals surface area contributed by atoms with Crippen molar-refractivity contribution in [2.75, 3.05) is 13.7 Å². The summed E-state index contributed by atoms with van der Waals surface area (Å²) < 4.78 is 18.5. The lowest BCUT2D eigenvalue weighted by molar-refractivity contribution is -0.125. The van der Waals surface area contributed by atoms with E-state index in [4.69, 9.17) is 4.74 Å². The number of ether oxygens (including phenoxy) is 1. The molecule has 0 aromatic heterocycles. The van der Waals surface area contributed by atoms with E-state index in [0.29, 0.717) is 0 Å². The molecule has 1 saturated heterocycles. The second-order valence-corrected chi connectivity index (χ2v) is 5.26. The Morgan fingerprint density at radius 2 is 2.30 bits per heavy atom. The fourth-order valence-electron chi connectivity index (χ4n) is 2.57. The third kappa shape index (κ3) is 3.10. The quantitative estimate of drug-likeness (QED) is 0.887. The van der Waals surface area contributed by atoms with E-state index in [1.165, 1.54) is 13.2 Å². The predicted octanol–water partition coefficient (Wildman–Crippen LogP) is 2.01. The van der Waals surface area contributed by atoms with E-state index in [1.54, 1.807) is 12.1 Å². The van der Waals surface area contributed by atoms with E-state index in [-0.39, 0.29) is 29.7 Å². The molecule has 4 nitrogen and oxygen atoms in total. The molecule has 0 saturated carbocycles. The lowest BCUT2D eigenvalue weighted by atomic mass is 10.00. The molecule has 2 rings (SSSR count). The molecule has 0 bridgehead atoms. The molecule has 2 N–H and O–H groups in total. The number of carbonyl (C=O) groups is 1. The SMILES string of the molecule is COc1ccc(C(C)NC(=O)C2CCNC2C)cc1F. The molecule has 1 aromatic rings. The van der Waals surface area contributed by atoms with Crippen molar-refractivity contribution >= 4 is 5.91 Å². The Morgan fingerprint density at radius 1 is 1.55 bits per heavy atom. The van der Waals surface area contributed by atoms with Crippen molar-refractivity contribution in [3.8, 4) is 5.75 Å². The molecule has 3 atom stereocenters. The van der Waals surface area contributed by atoms with E-state index in [1.807, 2.05) is 13.8 Å². The normalized spacial score (nSPS) is 23.4. The van der Waals surface area contributed by atoms with E-state index < -0.39 is 5.82 Å². The van der Waals surface area contributed by atoms with Gasteiger partial charge in [-0.05, 0) is 44.5 Å². The molecule has 3 unspecified atom stereocenters. The molecule has 1 aliphatic heterocycles. The van der Waals surface area contributed by atoms with Gasteiger partial charge in [-0.3, -0.25) is 4.79 Å². The van der Waals surface area contributed by atoms with Gasteiger partial charge in [0.1, 0.15) is 0 Å². The first-order chi connectivity index (χ1) is 9.52. The molecule has 1 aromatic carbocycles. The average molecular weight is 280 g/mol. The fourth-order valence-corrected chi connectivity index (χ4v) is 2.57. The van der Waals surface area contributed by atoms with Gasteiger partial charge in [0.25, 0.3) is 0 Å². The van der Waals surface area contributed by atoms with Crippen LogP contribution in [0.25, 0.3) is 0 Å².